The van der Waals surface area contributed by atoms with Gasteiger partial charge in [0, 0.05) is 18.2 Å². The maximum Gasteiger partial charge on any atom is 0.312 e. The average molecular weight is 252 g/mol. The minimum atomic E-state index is -0.545. The molecule has 1 aromatic carbocycles. The molecule has 18 heavy (non-hydrogen) atoms. The molecule has 0 aromatic heterocycles. The molecule has 0 unspecified atom stereocenters. The molecule has 0 heterocycles. The van der Waals surface area contributed by atoms with E-state index in [0.29, 0.717) is 12.1 Å². The van der Waals surface area contributed by atoms with E-state index in [9.17, 15) is 14.9 Å². The minimum absolute atomic E-state index is 0.163. The molecule has 1 amide bonds. The number of carbonyl (C=O) groups excluding carboxylic acids is 1. The first-order valence-corrected chi connectivity index (χ1v) is 5.56. The smallest absolute Gasteiger partial charge is 0.312 e. The van der Waals surface area contributed by atoms with Crippen molar-refractivity contribution in [2.45, 2.75) is 20.3 Å². The molecule has 0 aliphatic rings. The zero-order chi connectivity index (χ0) is 13.7. The van der Waals surface area contributed by atoms with Crippen LogP contribution in [0.4, 0.5) is 11.4 Å². The van der Waals surface area contributed by atoms with Crippen LogP contribution >= 0.6 is 0 Å². The summed E-state index contributed by atoms with van der Waals surface area (Å²) >= 11 is 0. The van der Waals surface area contributed by atoms with Gasteiger partial charge in [-0.25, -0.2) is 0 Å². The van der Waals surface area contributed by atoms with Gasteiger partial charge >= 0.3 is 5.69 Å². The van der Waals surface area contributed by atoms with Gasteiger partial charge in [-0.15, -0.1) is 0 Å². The largest absolute Gasteiger partial charge is 0.490 e. The number of anilines is 1. The maximum absolute atomic E-state index is 11.5. The first-order valence-electron chi connectivity index (χ1n) is 5.56. The molecule has 6 heteroatoms. The number of nitrogens with zero attached hydrogens (tertiary/aromatic N) is 1. The van der Waals surface area contributed by atoms with Crippen molar-refractivity contribution in [2.75, 3.05) is 12.4 Å². The van der Waals surface area contributed by atoms with Crippen LogP contribution in [0.1, 0.15) is 20.3 Å². The van der Waals surface area contributed by atoms with Crippen molar-refractivity contribution in [3.8, 4) is 5.75 Å². The van der Waals surface area contributed by atoms with Gasteiger partial charge in [0.05, 0.1) is 12.0 Å². The second-order valence-corrected chi connectivity index (χ2v) is 4.29. The number of carbonyl (C=O) groups is 1. The molecule has 1 aromatic rings. The van der Waals surface area contributed by atoms with Crippen molar-refractivity contribution in [1.82, 2.24) is 0 Å². The standard InChI is InChI=1S/C12H16N2O4/c1-8(2)6-12(15)13-9-4-5-11(18-3)10(7-9)14(16)17/h4-5,7-8H,6H2,1-3H3,(H,13,15). The van der Waals surface area contributed by atoms with Gasteiger partial charge in [0.2, 0.25) is 5.91 Å². The number of nitro benzene ring substituents is 1. The molecule has 1 rings (SSSR count). The molecule has 0 saturated carbocycles. The Balaban J connectivity index is 2.88. The third-order valence-electron chi connectivity index (χ3n) is 2.25. The first-order chi connectivity index (χ1) is 8.43. The summed E-state index contributed by atoms with van der Waals surface area (Å²) in [7, 11) is 1.36. The fourth-order valence-corrected chi connectivity index (χ4v) is 1.49. The molecule has 0 radical (unpaired) electrons. The second kappa shape index (κ2) is 6.00. The maximum atomic E-state index is 11.5. The van der Waals surface area contributed by atoms with E-state index in [-0.39, 0.29) is 23.3 Å². The van der Waals surface area contributed by atoms with E-state index in [4.69, 9.17) is 4.74 Å². The molecule has 0 bridgehead atoms. The van der Waals surface area contributed by atoms with Gasteiger partial charge in [0.15, 0.2) is 5.75 Å². The van der Waals surface area contributed by atoms with Gasteiger partial charge in [-0.1, -0.05) is 13.8 Å². The van der Waals surface area contributed by atoms with Crippen molar-refractivity contribution in [3.63, 3.8) is 0 Å². The molecular weight excluding hydrogens is 236 g/mol. The SMILES string of the molecule is COc1ccc(NC(=O)CC(C)C)cc1[N+](=O)[O-]. The zero-order valence-electron chi connectivity index (χ0n) is 10.6. The molecule has 6 nitrogen and oxygen atoms in total. The van der Waals surface area contributed by atoms with Crippen LogP contribution in [0, 0.1) is 16.0 Å². The van der Waals surface area contributed by atoms with Crippen LogP contribution in [0.25, 0.3) is 0 Å². The van der Waals surface area contributed by atoms with Gasteiger partial charge in [-0.2, -0.15) is 0 Å². The summed E-state index contributed by atoms with van der Waals surface area (Å²) < 4.78 is 4.88. The number of amides is 1. The van der Waals surface area contributed by atoms with E-state index >= 15 is 0 Å². The molecular formula is C12H16N2O4. The summed E-state index contributed by atoms with van der Waals surface area (Å²) in [6, 6.07) is 4.32. The number of benzene rings is 1. The lowest BCUT2D eigenvalue weighted by molar-refractivity contribution is -0.385. The van der Waals surface area contributed by atoms with Gasteiger partial charge in [0.1, 0.15) is 0 Å². The second-order valence-electron chi connectivity index (χ2n) is 4.29. The third kappa shape index (κ3) is 3.73. The number of rotatable bonds is 5. The van der Waals surface area contributed by atoms with Crippen molar-refractivity contribution >= 4 is 17.3 Å². The lowest BCUT2D eigenvalue weighted by Gasteiger charge is -2.08. The number of methoxy groups -OCH3 is 1. The Morgan fingerprint density at radius 3 is 2.67 bits per heavy atom. The highest BCUT2D eigenvalue weighted by molar-refractivity contribution is 5.91. The Bertz CT molecular complexity index is 457. The predicted molar refractivity (Wildman–Crippen MR) is 67.7 cm³/mol. The van der Waals surface area contributed by atoms with Crippen LogP contribution in [0.15, 0.2) is 18.2 Å². The summed E-state index contributed by atoms with van der Waals surface area (Å²) in [5.74, 6) is 0.240. The molecule has 0 saturated heterocycles. The average Bonchev–Trinajstić information content (AvgIpc) is 2.27. The van der Waals surface area contributed by atoms with Gasteiger partial charge in [-0.3, -0.25) is 14.9 Å². The van der Waals surface area contributed by atoms with Gasteiger partial charge in [0.25, 0.3) is 0 Å². The summed E-state index contributed by atoms with van der Waals surface area (Å²) in [4.78, 5) is 21.8. The minimum Gasteiger partial charge on any atom is -0.490 e. The zero-order valence-corrected chi connectivity index (χ0v) is 10.6. The molecule has 98 valence electrons. The van der Waals surface area contributed by atoms with Crippen LogP contribution in [-0.4, -0.2) is 17.9 Å². The molecule has 1 N–H and O–H groups in total. The quantitative estimate of drug-likeness (QED) is 0.645. The topological polar surface area (TPSA) is 81.5 Å². The Morgan fingerprint density at radius 1 is 1.50 bits per heavy atom. The highest BCUT2D eigenvalue weighted by atomic mass is 16.6. The highest BCUT2D eigenvalue weighted by Gasteiger charge is 2.16. The Morgan fingerprint density at radius 2 is 2.17 bits per heavy atom. The number of hydrogen-bond donors (Lipinski definition) is 1. The summed E-state index contributed by atoms with van der Waals surface area (Å²) in [6.07, 6.45) is 0.375. The molecule has 0 fully saturated rings. The van der Waals surface area contributed by atoms with Crippen LogP contribution in [0.3, 0.4) is 0 Å². The Labute approximate surface area is 105 Å². The van der Waals surface area contributed by atoms with Crippen LogP contribution in [0.2, 0.25) is 0 Å². The molecule has 0 aliphatic heterocycles. The number of nitrogens with one attached hydrogen (secondary N) is 1. The van der Waals surface area contributed by atoms with Gasteiger partial charge in [-0.05, 0) is 18.1 Å². The molecule has 0 spiro atoms. The monoisotopic (exact) mass is 252 g/mol. The number of hydrogen-bond acceptors (Lipinski definition) is 4. The van der Waals surface area contributed by atoms with E-state index in [1.807, 2.05) is 13.8 Å². The van der Waals surface area contributed by atoms with Gasteiger partial charge < -0.3 is 10.1 Å². The first kappa shape index (κ1) is 14.0. The van der Waals surface area contributed by atoms with Crippen molar-refractivity contribution in [1.29, 1.82) is 0 Å². The Kier molecular flexibility index (Phi) is 4.65. The van der Waals surface area contributed by atoms with Crippen LogP contribution in [0.5, 0.6) is 5.75 Å². The fourth-order valence-electron chi connectivity index (χ4n) is 1.49. The van der Waals surface area contributed by atoms with E-state index in [0.717, 1.165) is 0 Å². The summed E-state index contributed by atoms with van der Waals surface area (Å²) in [6.45, 7) is 3.85. The third-order valence-corrected chi connectivity index (χ3v) is 2.25. The molecule has 0 aliphatic carbocycles. The van der Waals surface area contributed by atoms with Crippen LogP contribution in [-0.2, 0) is 4.79 Å². The van der Waals surface area contributed by atoms with Crippen LogP contribution < -0.4 is 10.1 Å². The van der Waals surface area contributed by atoms with E-state index in [1.165, 1.54) is 19.2 Å². The molecule has 0 atom stereocenters. The van der Waals surface area contributed by atoms with E-state index < -0.39 is 4.92 Å². The summed E-state index contributed by atoms with van der Waals surface area (Å²) in [5.41, 5.74) is 0.230. The van der Waals surface area contributed by atoms with E-state index in [1.54, 1.807) is 6.07 Å². The van der Waals surface area contributed by atoms with E-state index in [2.05, 4.69) is 5.32 Å². The van der Waals surface area contributed by atoms with Crippen molar-refractivity contribution in [2.24, 2.45) is 5.92 Å². The predicted octanol–water partition coefficient (Wildman–Crippen LogP) is 2.59. The lowest BCUT2D eigenvalue weighted by Crippen LogP contribution is -2.13. The van der Waals surface area contributed by atoms with Crippen molar-refractivity contribution in [3.05, 3.63) is 28.3 Å². The number of nitro groups is 1. The lowest BCUT2D eigenvalue weighted by atomic mass is 10.1. The highest BCUT2D eigenvalue weighted by Crippen LogP contribution is 2.29. The van der Waals surface area contributed by atoms with Crippen molar-refractivity contribution < 1.29 is 14.5 Å². The number of ether oxygens (including phenoxy) is 1. The normalized spacial score (nSPS) is 10.2. The summed E-state index contributed by atoms with van der Waals surface area (Å²) in [5, 5.41) is 13.4. The fraction of sp³-hybridized carbons (Fsp3) is 0.417. The Hall–Kier alpha value is -2.11.